The second kappa shape index (κ2) is 9.33. The summed E-state index contributed by atoms with van der Waals surface area (Å²) >= 11 is 1.36. The van der Waals surface area contributed by atoms with Gasteiger partial charge in [-0.15, -0.1) is 10.2 Å². The van der Waals surface area contributed by atoms with Gasteiger partial charge in [0.2, 0.25) is 5.89 Å². The number of benzene rings is 3. The van der Waals surface area contributed by atoms with Crippen molar-refractivity contribution >= 4 is 22.9 Å². The molecule has 3 aromatic carbocycles. The summed E-state index contributed by atoms with van der Waals surface area (Å²) in [7, 11) is 1.60. The molecule has 0 bridgehead atoms. The molecule has 0 unspecified atom stereocenters. The minimum Gasteiger partial charge on any atom is -0.497 e. The number of methoxy groups -OCH3 is 1. The molecule has 0 N–H and O–H groups in total. The van der Waals surface area contributed by atoms with Crippen molar-refractivity contribution in [2.45, 2.75) is 17.5 Å². The molecule has 5 rings (SSSR count). The van der Waals surface area contributed by atoms with E-state index >= 15 is 0 Å². The molecule has 0 spiro atoms. The van der Waals surface area contributed by atoms with E-state index in [-0.39, 0.29) is 12.4 Å². The molecule has 0 aliphatic rings. The van der Waals surface area contributed by atoms with Gasteiger partial charge in [-0.25, -0.2) is 9.37 Å². The van der Waals surface area contributed by atoms with Gasteiger partial charge < -0.3 is 13.9 Å². The Balaban J connectivity index is 1.40. The Morgan fingerprint density at radius 2 is 1.70 bits per heavy atom. The van der Waals surface area contributed by atoms with Gasteiger partial charge in [-0.3, -0.25) is 4.57 Å². The first-order chi connectivity index (χ1) is 16.2. The standard InChI is InChI=1S/C24H19FN4O3S/c1-30-16-10-12-17(13-11-16)31-14-22-27-28-24(29(22)20-8-4-2-6-18(20)25)33-15-23-26-19-7-3-5-9-21(19)32-23/h2-13H,14-15H2,1H3. The Bertz CT molecular complexity index is 1350. The lowest BCUT2D eigenvalue weighted by atomic mass is 10.3. The van der Waals surface area contributed by atoms with Crippen LogP contribution in [0.4, 0.5) is 4.39 Å². The summed E-state index contributed by atoms with van der Waals surface area (Å²) in [4.78, 5) is 4.49. The maximum atomic E-state index is 14.7. The molecule has 0 aliphatic carbocycles. The molecular weight excluding hydrogens is 443 g/mol. The third kappa shape index (κ3) is 4.54. The first-order valence-electron chi connectivity index (χ1n) is 10.1. The number of rotatable bonds is 8. The van der Waals surface area contributed by atoms with E-state index in [1.54, 1.807) is 54.1 Å². The lowest BCUT2D eigenvalue weighted by molar-refractivity contribution is 0.292. The average molecular weight is 463 g/mol. The van der Waals surface area contributed by atoms with E-state index in [2.05, 4.69) is 15.2 Å². The predicted molar refractivity (Wildman–Crippen MR) is 122 cm³/mol. The zero-order valence-electron chi connectivity index (χ0n) is 17.6. The SMILES string of the molecule is COc1ccc(OCc2nnc(SCc3nc4ccccc4o3)n2-c2ccccc2F)cc1. The third-order valence-corrected chi connectivity index (χ3v) is 5.80. The number of para-hydroxylation sites is 3. The molecule has 0 fully saturated rings. The van der Waals surface area contributed by atoms with E-state index in [9.17, 15) is 4.39 Å². The van der Waals surface area contributed by atoms with Gasteiger partial charge in [-0.1, -0.05) is 36.0 Å². The lowest BCUT2D eigenvalue weighted by Crippen LogP contribution is -2.08. The lowest BCUT2D eigenvalue weighted by Gasteiger charge is -2.12. The van der Waals surface area contributed by atoms with Crippen LogP contribution in [0, 0.1) is 5.82 Å². The molecule has 33 heavy (non-hydrogen) atoms. The van der Waals surface area contributed by atoms with Crippen molar-refractivity contribution in [3.63, 3.8) is 0 Å². The van der Waals surface area contributed by atoms with Gasteiger partial charge in [0.05, 0.1) is 18.6 Å². The maximum absolute atomic E-state index is 14.7. The molecule has 2 aromatic heterocycles. The first-order valence-corrected chi connectivity index (χ1v) is 11.1. The van der Waals surface area contributed by atoms with Crippen molar-refractivity contribution in [1.29, 1.82) is 0 Å². The average Bonchev–Trinajstić information content (AvgIpc) is 3.45. The van der Waals surface area contributed by atoms with Crippen molar-refractivity contribution < 1.29 is 18.3 Å². The van der Waals surface area contributed by atoms with Gasteiger partial charge in [0, 0.05) is 0 Å². The van der Waals surface area contributed by atoms with Crippen LogP contribution in [0.2, 0.25) is 0 Å². The minimum atomic E-state index is -0.383. The van der Waals surface area contributed by atoms with Crippen molar-refractivity contribution in [3.8, 4) is 17.2 Å². The van der Waals surface area contributed by atoms with Crippen molar-refractivity contribution in [2.75, 3.05) is 7.11 Å². The highest BCUT2D eigenvalue weighted by atomic mass is 32.2. The second-order valence-corrected chi connectivity index (χ2v) is 7.96. The molecule has 166 valence electrons. The fourth-order valence-corrected chi connectivity index (χ4v) is 4.10. The van der Waals surface area contributed by atoms with Gasteiger partial charge in [0.25, 0.3) is 0 Å². The molecule has 0 atom stereocenters. The number of hydrogen-bond acceptors (Lipinski definition) is 7. The molecule has 0 aliphatic heterocycles. The molecule has 0 radical (unpaired) electrons. The normalized spacial score (nSPS) is 11.1. The topological polar surface area (TPSA) is 75.2 Å². The van der Waals surface area contributed by atoms with E-state index in [1.807, 2.05) is 24.3 Å². The molecular formula is C24H19FN4O3S. The fraction of sp³-hybridized carbons (Fsp3) is 0.125. The zero-order valence-corrected chi connectivity index (χ0v) is 18.5. The smallest absolute Gasteiger partial charge is 0.205 e. The Labute approximate surface area is 193 Å². The van der Waals surface area contributed by atoms with Crippen LogP contribution < -0.4 is 9.47 Å². The molecule has 0 amide bonds. The number of ether oxygens (including phenoxy) is 2. The Kier molecular flexibility index (Phi) is 5.95. The highest BCUT2D eigenvalue weighted by Crippen LogP contribution is 2.28. The summed E-state index contributed by atoms with van der Waals surface area (Å²) in [5, 5.41) is 9.05. The maximum Gasteiger partial charge on any atom is 0.205 e. The molecule has 0 saturated heterocycles. The summed E-state index contributed by atoms with van der Waals surface area (Å²) in [5.74, 6) is 2.43. The summed E-state index contributed by atoms with van der Waals surface area (Å²) < 4.78 is 33.2. The summed E-state index contributed by atoms with van der Waals surface area (Å²) in [6.45, 7) is 0.108. The molecule has 7 nitrogen and oxygen atoms in total. The zero-order chi connectivity index (χ0) is 22.6. The predicted octanol–water partition coefficient (Wildman–Crippen LogP) is 5.43. The van der Waals surface area contributed by atoms with Crippen LogP contribution in [-0.2, 0) is 12.4 Å². The Morgan fingerprint density at radius 3 is 2.48 bits per heavy atom. The monoisotopic (exact) mass is 462 g/mol. The van der Waals surface area contributed by atoms with E-state index < -0.39 is 0 Å². The summed E-state index contributed by atoms with van der Waals surface area (Å²) in [6, 6.07) is 21.3. The summed E-state index contributed by atoms with van der Waals surface area (Å²) in [5.41, 5.74) is 1.85. The van der Waals surface area contributed by atoms with Crippen molar-refractivity contribution in [3.05, 3.63) is 90.3 Å². The van der Waals surface area contributed by atoms with Crippen molar-refractivity contribution in [1.82, 2.24) is 19.7 Å². The highest BCUT2D eigenvalue weighted by molar-refractivity contribution is 7.98. The Morgan fingerprint density at radius 1 is 0.939 bits per heavy atom. The van der Waals surface area contributed by atoms with Crippen LogP contribution in [0.15, 0.2) is 82.4 Å². The first kappa shape index (κ1) is 21.0. The minimum absolute atomic E-state index is 0.108. The van der Waals surface area contributed by atoms with Crippen LogP contribution in [0.1, 0.15) is 11.7 Å². The number of nitrogens with zero attached hydrogens (tertiary/aromatic N) is 4. The number of aromatic nitrogens is 4. The highest BCUT2D eigenvalue weighted by Gasteiger charge is 2.19. The van der Waals surface area contributed by atoms with Crippen LogP contribution in [-0.4, -0.2) is 26.9 Å². The number of oxazole rings is 1. The number of hydrogen-bond donors (Lipinski definition) is 0. The van der Waals surface area contributed by atoms with E-state index in [1.165, 1.54) is 17.8 Å². The van der Waals surface area contributed by atoms with E-state index in [0.717, 1.165) is 16.8 Å². The number of halogens is 1. The molecule has 9 heteroatoms. The van der Waals surface area contributed by atoms with Crippen LogP contribution in [0.5, 0.6) is 11.5 Å². The molecule has 5 aromatic rings. The third-order valence-electron chi connectivity index (χ3n) is 4.88. The fourth-order valence-electron chi connectivity index (χ4n) is 3.29. The van der Waals surface area contributed by atoms with Gasteiger partial charge in [0.1, 0.15) is 29.4 Å². The van der Waals surface area contributed by atoms with E-state index in [0.29, 0.717) is 34.1 Å². The quantitative estimate of drug-likeness (QED) is 0.285. The van der Waals surface area contributed by atoms with Gasteiger partial charge >= 0.3 is 0 Å². The van der Waals surface area contributed by atoms with Gasteiger partial charge in [-0.2, -0.15) is 0 Å². The van der Waals surface area contributed by atoms with Crippen molar-refractivity contribution in [2.24, 2.45) is 0 Å². The van der Waals surface area contributed by atoms with E-state index in [4.69, 9.17) is 13.9 Å². The molecule has 0 saturated carbocycles. The molecule has 2 heterocycles. The number of thioether (sulfide) groups is 1. The largest absolute Gasteiger partial charge is 0.497 e. The van der Waals surface area contributed by atoms with Crippen LogP contribution >= 0.6 is 11.8 Å². The van der Waals surface area contributed by atoms with Gasteiger partial charge in [0.15, 0.2) is 16.6 Å². The Hall–Kier alpha value is -3.85. The van der Waals surface area contributed by atoms with Crippen LogP contribution in [0.25, 0.3) is 16.8 Å². The van der Waals surface area contributed by atoms with Gasteiger partial charge in [-0.05, 0) is 48.5 Å². The number of fused-ring (bicyclic) bond motifs is 1. The second-order valence-electron chi connectivity index (χ2n) is 7.01. The van der Waals surface area contributed by atoms with Crippen LogP contribution in [0.3, 0.4) is 0 Å². The summed E-state index contributed by atoms with van der Waals surface area (Å²) in [6.07, 6.45) is 0.